The van der Waals surface area contributed by atoms with Gasteiger partial charge in [0.15, 0.2) is 0 Å². The van der Waals surface area contributed by atoms with Crippen LogP contribution in [0.15, 0.2) is 40.9 Å². The first kappa shape index (κ1) is 19.9. The van der Waals surface area contributed by atoms with E-state index in [0.29, 0.717) is 23.6 Å². The molecule has 0 unspecified atom stereocenters. The molecule has 2 aromatic carbocycles. The fourth-order valence-corrected chi connectivity index (χ4v) is 3.65. The summed E-state index contributed by atoms with van der Waals surface area (Å²) in [6, 6.07) is 11.0. The number of aromatic nitrogens is 2. The van der Waals surface area contributed by atoms with E-state index in [1.807, 2.05) is 31.3 Å². The van der Waals surface area contributed by atoms with Gasteiger partial charge in [0, 0.05) is 28.5 Å². The lowest BCUT2D eigenvalue weighted by Crippen LogP contribution is -1.98. The molecule has 0 spiro atoms. The fourth-order valence-electron chi connectivity index (χ4n) is 3.29. The molecule has 5 heteroatoms. The first-order valence-corrected chi connectivity index (χ1v) is 10.4. The van der Waals surface area contributed by atoms with Gasteiger partial charge >= 0.3 is 0 Å². The lowest BCUT2D eigenvalue weighted by molar-refractivity contribution is 0.303. The summed E-state index contributed by atoms with van der Waals surface area (Å²) in [7, 11) is 1.87. The molecule has 27 heavy (non-hydrogen) atoms. The molecule has 0 radical (unpaired) electrons. The van der Waals surface area contributed by atoms with Gasteiger partial charge in [0.25, 0.3) is 0 Å². The van der Waals surface area contributed by atoms with Gasteiger partial charge in [-0.25, -0.2) is 4.39 Å². The fraction of sp³-hybridized carbons (Fsp3) is 0.409. The van der Waals surface area contributed by atoms with E-state index in [1.165, 1.54) is 31.7 Å². The monoisotopic (exact) mass is 432 g/mol. The first-order valence-electron chi connectivity index (χ1n) is 9.65. The minimum absolute atomic E-state index is 0.310. The van der Waals surface area contributed by atoms with Crippen molar-refractivity contribution in [3.05, 3.63) is 46.7 Å². The molecule has 0 N–H and O–H groups in total. The van der Waals surface area contributed by atoms with E-state index in [4.69, 9.17) is 4.74 Å². The third kappa shape index (κ3) is 4.89. The van der Waals surface area contributed by atoms with Gasteiger partial charge in [0.1, 0.15) is 17.3 Å². The van der Waals surface area contributed by atoms with Gasteiger partial charge in [0.05, 0.1) is 12.1 Å². The van der Waals surface area contributed by atoms with E-state index < -0.39 is 0 Å². The Morgan fingerprint density at radius 3 is 2.59 bits per heavy atom. The highest BCUT2D eigenvalue weighted by Crippen LogP contribution is 2.32. The lowest BCUT2D eigenvalue weighted by atomic mass is 10.1. The maximum Gasteiger partial charge on any atom is 0.136 e. The van der Waals surface area contributed by atoms with Crippen LogP contribution in [-0.2, 0) is 7.05 Å². The number of hydrogen-bond acceptors (Lipinski definition) is 2. The number of rotatable bonds is 9. The molecular weight excluding hydrogens is 407 g/mol. The van der Waals surface area contributed by atoms with Gasteiger partial charge in [-0.3, -0.25) is 4.68 Å². The van der Waals surface area contributed by atoms with Gasteiger partial charge in [-0.05, 0) is 36.8 Å². The van der Waals surface area contributed by atoms with Gasteiger partial charge < -0.3 is 4.74 Å². The van der Waals surface area contributed by atoms with Crippen LogP contribution >= 0.6 is 15.9 Å². The number of unbranched alkanes of at least 4 members (excludes halogenated alkanes) is 5. The summed E-state index contributed by atoms with van der Waals surface area (Å²) >= 11 is 3.48. The van der Waals surface area contributed by atoms with Crippen molar-refractivity contribution in [1.29, 1.82) is 0 Å². The Morgan fingerprint density at radius 1 is 1.04 bits per heavy atom. The molecule has 1 aromatic heterocycles. The highest BCUT2D eigenvalue weighted by molar-refractivity contribution is 9.10. The van der Waals surface area contributed by atoms with E-state index in [-0.39, 0.29) is 5.82 Å². The molecule has 0 fully saturated rings. The Hall–Kier alpha value is -1.88. The van der Waals surface area contributed by atoms with Gasteiger partial charge in [-0.15, -0.1) is 0 Å². The van der Waals surface area contributed by atoms with E-state index in [9.17, 15) is 4.39 Å². The molecule has 3 aromatic rings. The summed E-state index contributed by atoms with van der Waals surface area (Å²) in [5.41, 5.74) is 2.11. The highest BCUT2D eigenvalue weighted by Gasteiger charge is 2.15. The second kappa shape index (κ2) is 9.36. The van der Waals surface area contributed by atoms with E-state index >= 15 is 0 Å². The Bertz CT molecular complexity index is 907. The van der Waals surface area contributed by atoms with Crippen molar-refractivity contribution in [3.63, 3.8) is 0 Å². The van der Waals surface area contributed by atoms with Crippen molar-refractivity contribution in [2.75, 3.05) is 6.61 Å². The molecule has 1 heterocycles. The Morgan fingerprint density at radius 2 is 1.81 bits per heavy atom. The molecule has 0 atom stereocenters. The number of fused-ring (bicyclic) bond motifs is 1. The van der Waals surface area contributed by atoms with Gasteiger partial charge in [-0.2, -0.15) is 5.10 Å². The molecule has 0 aliphatic heterocycles. The van der Waals surface area contributed by atoms with Crippen LogP contribution in [0.2, 0.25) is 0 Å². The van der Waals surface area contributed by atoms with Crippen molar-refractivity contribution >= 4 is 26.8 Å². The largest absolute Gasteiger partial charge is 0.493 e. The van der Waals surface area contributed by atoms with Crippen molar-refractivity contribution in [2.45, 2.75) is 45.4 Å². The van der Waals surface area contributed by atoms with Gasteiger partial charge in [0.2, 0.25) is 0 Å². The second-order valence-electron chi connectivity index (χ2n) is 6.89. The van der Waals surface area contributed by atoms with Gasteiger partial charge in [-0.1, -0.05) is 55.0 Å². The van der Waals surface area contributed by atoms with Crippen LogP contribution < -0.4 is 4.74 Å². The maximum absolute atomic E-state index is 14.7. The van der Waals surface area contributed by atoms with Crippen LogP contribution in [0.5, 0.6) is 5.75 Å². The number of ether oxygens (including phenoxy) is 1. The summed E-state index contributed by atoms with van der Waals surface area (Å²) in [4.78, 5) is 0. The van der Waals surface area contributed by atoms with Crippen molar-refractivity contribution in [3.8, 4) is 17.0 Å². The summed E-state index contributed by atoms with van der Waals surface area (Å²) in [6.07, 6.45) is 7.25. The van der Waals surface area contributed by atoms with Crippen LogP contribution in [0.25, 0.3) is 22.2 Å². The molecule has 0 amide bonds. The average molecular weight is 433 g/mol. The van der Waals surface area contributed by atoms with Crippen molar-refractivity contribution in [2.24, 2.45) is 7.05 Å². The van der Waals surface area contributed by atoms with Crippen LogP contribution in [0.3, 0.4) is 0 Å². The topological polar surface area (TPSA) is 27.1 Å². The minimum Gasteiger partial charge on any atom is -0.493 e. The van der Waals surface area contributed by atoms with Crippen LogP contribution in [-0.4, -0.2) is 16.4 Å². The predicted molar refractivity (Wildman–Crippen MR) is 113 cm³/mol. The normalized spacial score (nSPS) is 11.3. The molecule has 0 aliphatic rings. The molecule has 0 bridgehead atoms. The average Bonchev–Trinajstić information content (AvgIpc) is 2.97. The number of hydrogen-bond donors (Lipinski definition) is 0. The van der Waals surface area contributed by atoms with Crippen LogP contribution in [0, 0.1) is 5.82 Å². The number of benzene rings is 2. The quantitative estimate of drug-likeness (QED) is 0.344. The molecule has 0 saturated heterocycles. The number of halogens is 2. The van der Waals surface area contributed by atoms with Crippen molar-refractivity contribution < 1.29 is 9.13 Å². The van der Waals surface area contributed by atoms with Crippen LogP contribution in [0.4, 0.5) is 4.39 Å². The lowest BCUT2D eigenvalue weighted by Gasteiger charge is -2.08. The smallest absolute Gasteiger partial charge is 0.136 e. The maximum atomic E-state index is 14.7. The van der Waals surface area contributed by atoms with E-state index in [1.54, 1.807) is 10.7 Å². The van der Waals surface area contributed by atoms with E-state index in [2.05, 4.69) is 28.0 Å². The second-order valence-corrected chi connectivity index (χ2v) is 7.81. The first-order chi connectivity index (χ1) is 13.1. The number of aryl methyl sites for hydroxylation is 1. The zero-order valence-corrected chi connectivity index (χ0v) is 17.6. The minimum atomic E-state index is -0.310. The summed E-state index contributed by atoms with van der Waals surface area (Å²) in [5.74, 6) is 0.265. The van der Waals surface area contributed by atoms with Crippen LogP contribution in [0.1, 0.15) is 45.4 Å². The standard InChI is InChI=1S/C22H26BrFN2O/c1-3-4-5-6-7-8-13-27-17-10-11-18(20(24)15-17)22-19-14-16(23)9-12-21(19)26(2)25-22/h9-12,14-15H,3-8,13H2,1-2H3. The van der Waals surface area contributed by atoms with E-state index in [0.717, 1.165) is 28.2 Å². The summed E-state index contributed by atoms with van der Waals surface area (Å²) in [6.45, 7) is 2.85. The SMILES string of the molecule is CCCCCCCCOc1ccc(-c2nn(C)c3ccc(Br)cc23)c(F)c1. The molecule has 0 aliphatic carbocycles. The Balaban J connectivity index is 1.68. The Kier molecular flexibility index (Phi) is 6.89. The molecule has 144 valence electrons. The molecular formula is C22H26BrFN2O. The molecule has 3 nitrogen and oxygen atoms in total. The zero-order valence-electron chi connectivity index (χ0n) is 16.0. The summed E-state index contributed by atoms with van der Waals surface area (Å²) < 4.78 is 23.2. The number of nitrogens with zero attached hydrogens (tertiary/aromatic N) is 2. The third-order valence-corrected chi connectivity index (χ3v) is 5.27. The summed E-state index contributed by atoms with van der Waals surface area (Å²) in [5, 5.41) is 5.44. The molecule has 3 rings (SSSR count). The Labute approximate surface area is 168 Å². The predicted octanol–water partition coefficient (Wildman–Crippen LogP) is 6.88. The zero-order chi connectivity index (χ0) is 19.2. The third-order valence-electron chi connectivity index (χ3n) is 4.77. The molecule has 0 saturated carbocycles. The van der Waals surface area contributed by atoms with Crippen molar-refractivity contribution in [1.82, 2.24) is 9.78 Å². The highest BCUT2D eigenvalue weighted by atomic mass is 79.9.